The van der Waals surface area contributed by atoms with E-state index < -0.39 is 0 Å². The summed E-state index contributed by atoms with van der Waals surface area (Å²) in [6, 6.07) is 9.03. The number of aromatic nitrogens is 3. The molecule has 2 fully saturated rings. The molecule has 4 heterocycles. The molecule has 2 saturated heterocycles. The van der Waals surface area contributed by atoms with Crippen LogP contribution in [0.15, 0.2) is 36.7 Å². The van der Waals surface area contributed by atoms with Gasteiger partial charge in [0.05, 0.1) is 25.5 Å². The molecule has 2 atom stereocenters. The van der Waals surface area contributed by atoms with Crippen LogP contribution in [0.2, 0.25) is 0 Å². The predicted molar refractivity (Wildman–Crippen MR) is 117 cm³/mol. The van der Waals surface area contributed by atoms with Crippen molar-refractivity contribution in [3.8, 4) is 5.75 Å². The molecule has 5 rings (SSSR count). The monoisotopic (exact) mass is 407 g/mol. The molecule has 158 valence electrons. The number of methoxy groups -OCH3 is 1. The molecule has 8 heteroatoms. The molecule has 0 amide bonds. The van der Waals surface area contributed by atoms with Gasteiger partial charge in [0.1, 0.15) is 17.1 Å². The summed E-state index contributed by atoms with van der Waals surface area (Å²) in [5.41, 5.74) is 11.0. The van der Waals surface area contributed by atoms with Crippen molar-refractivity contribution < 1.29 is 4.74 Å². The minimum atomic E-state index is 0.0510. The van der Waals surface area contributed by atoms with Gasteiger partial charge in [-0.2, -0.15) is 0 Å². The molecule has 0 saturated carbocycles. The van der Waals surface area contributed by atoms with E-state index in [2.05, 4.69) is 68.4 Å². The first-order valence-electron chi connectivity index (χ1n) is 10.7. The second-order valence-electron chi connectivity index (χ2n) is 8.19. The fourth-order valence-corrected chi connectivity index (χ4v) is 4.51. The molecule has 0 bridgehead atoms. The lowest BCUT2D eigenvalue weighted by Gasteiger charge is -2.24. The Hall–Kier alpha value is -2.68. The van der Waals surface area contributed by atoms with Crippen LogP contribution < -0.4 is 26.2 Å². The molecule has 2 unspecified atom stereocenters. The lowest BCUT2D eigenvalue weighted by Crippen LogP contribution is -2.36. The van der Waals surface area contributed by atoms with Gasteiger partial charge < -0.3 is 19.9 Å². The van der Waals surface area contributed by atoms with Crippen LogP contribution >= 0.6 is 0 Å². The zero-order chi connectivity index (χ0) is 20.5. The van der Waals surface area contributed by atoms with Gasteiger partial charge in [0.15, 0.2) is 5.65 Å². The molecule has 2 aliphatic heterocycles. The zero-order valence-electron chi connectivity index (χ0n) is 17.5. The number of nitrogens with one attached hydrogen (secondary N) is 4. The number of anilines is 1. The molecular formula is C22H29N7O. The van der Waals surface area contributed by atoms with Crippen molar-refractivity contribution in [2.24, 2.45) is 0 Å². The Balaban J connectivity index is 1.31. The molecule has 8 nitrogen and oxygen atoms in total. The summed E-state index contributed by atoms with van der Waals surface area (Å²) >= 11 is 0. The van der Waals surface area contributed by atoms with Crippen LogP contribution in [0.1, 0.15) is 42.5 Å². The molecule has 0 spiro atoms. The van der Waals surface area contributed by atoms with E-state index in [4.69, 9.17) is 9.72 Å². The number of hydrogen-bond donors (Lipinski definition) is 4. The zero-order valence-corrected chi connectivity index (χ0v) is 17.5. The number of ether oxygens (including phenoxy) is 1. The van der Waals surface area contributed by atoms with E-state index in [1.54, 1.807) is 7.11 Å². The molecule has 2 aliphatic rings. The first kappa shape index (κ1) is 19.3. The first-order chi connectivity index (χ1) is 14.7. The Morgan fingerprint density at radius 1 is 1.17 bits per heavy atom. The van der Waals surface area contributed by atoms with E-state index in [1.807, 2.05) is 6.20 Å². The van der Waals surface area contributed by atoms with Gasteiger partial charge in [-0.1, -0.05) is 12.1 Å². The van der Waals surface area contributed by atoms with Crippen molar-refractivity contribution in [2.45, 2.75) is 44.4 Å². The summed E-state index contributed by atoms with van der Waals surface area (Å²) < 4.78 is 7.87. The summed E-state index contributed by atoms with van der Waals surface area (Å²) in [5, 5.41) is 6.92. The van der Waals surface area contributed by atoms with Crippen LogP contribution in [0.25, 0.3) is 11.2 Å². The molecule has 30 heavy (non-hydrogen) atoms. The molecular weight excluding hydrogens is 378 g/mol. The van der Waals surface area contributed by atoms with E-state index in [-0.39, 0.29) is 12.2 Å². The topological polar surface area (TPSA) is 88.1 Å². The Morgan fingerprint density at radius 3 is 2.87 bits per heavy atom. The van der Waals surface area contributed by atoms with E-state index >= 15 is 0 Å². The Labute approximate surface area is 176 Å². The van der Waals surface area contributed by atoms with Gasteiger partial charge in [0.2, 0.25) is 0 Å². The number of nitrogens with zero attached hydrogens (tertiary/aromatic N) is 3. The first-order valence-corrected chi connectivity index (χ1v) is 10.7. The third kappa shape index (κ3) is 3.74. The molecule has 1 aromatic carbocycles. The summed E-state index contributed by atoms with van der Waals surface area (Å²) in [7, 11) is 1.72. The van der Waals surface area contributed by atoms with E-state index in [1.165, 1.54) is 5.56 Å². The standard InChI is InChI=1S/C22H29N7O/c1-14-3-4-16(19(11-14)30-2)18-12-20(28-27-18)25-21-13-24-17-7-10-29(22(17)26-21)15-5-8-23-9-6-15/h3-4,7,10-11,13,15,18,20,23,27-28H,5-6,8-9,12H2,1-2H3,(H,25,26). The summed E-state index contributed by atoms with van der Waals surface area (Å²) in [5.74, 6) is 1.70. The maximum absolute atomic E-state index is 5.58. The van der Waals surface area contributed by atoms with Crippen molar-refractivity contribution in [1.82, 2.24) is 30.7 Å². The van der Waals surface area contributed by atoms with Crippen molar-refractivity contribution in [3.63, 3.8) is 0 Å². The largest absolute Gasteiger partial charge is 0.496 e. The molecule has 2 aromatic heterocycles. The van der Waals surface area contributed by atoms with Gasteiger partial charge in [0.25, 0.3) is 0 Å². The maximum Gasteiger partial charge on any atom is 0.161 e. The average molecular weight is 408 g/mol. The van der Waals surface area contributed by atoms with Crippen LogP contribution in [0.3, 0.4) is 0 Å². The molecule has 3 aromatic rings. The number of benzene rings is 1. The second-order valence-corrected chi connectivity index (χ2v) is 8.19. The Bertz CT molecular complexity index is 1030. The lowest BCUT2D eigenvalue weighted by atomic mass is 10.0. The van der Waals surface area contributed by atoms with Crippen molar-refractivity contribution in [1.29, 1.82) is 0 Å². The number of hydrazine groups is 1. The number of piperidine rings is 1. The smallest absolute Gasteiger partial charge is 0.161 e. The number of rotatable bonds is 5. The highest BCUT2D eigenvalue weighted by molar-refractivity contribution is 5.73. The van der Waals surface area contributed by atoms with Gasteiger partial charge in [-0.3, -0.25) is 0 Å². The highest BCUT2D eigenvalue weighted by Crippen LogP contribution is 2.31. The van der Waals surface area contributed by atoms with Gasteiger partial charge >= 0.3 is 0 Å². The Morgan fingerprint density at radius 2 is 2.03 bits per heavy atom. The average Bonchev–Trinajstić information content (AvgIpc) is 3.41. The van der Waals surface area contributed by atoms with Crippen LogP contribution in [0, 0.1) is 6.92 Å². The van der Waals surface area contributed by atoms with Gasteiger partial charge in [-0.05, 0) is 50.6 Å². The van der Waals surface area contributed by atoms with Crippen LogP contribution in [-0.2, 0) is 0 Å². The lowest BCUT2D eigenvalue weighted by molar-refractivity contribution is 0.375. The fraction of sp³-hybridized carbons (Fsp3) is 0.455. The highest BCUT2D eigenvalue weighted by atomic mass is 16.5. The molecule has 0 aliphatic carbocycles. The van der Waals surface area contributed by atoms with Crippen molar-refractivity contribution in [3.05, 3.63) is 47.8 Å². The summed E-state index contributed by atoms with van der Waals surface area (Å²) in [6.45, 7) is 4.18. The summed E-state index contributed by atoms with van der Waals surface area (Å²) in [4.78, 5) is 9.52. The van der Waals surface area contributed by atoms with Gasteiger partial charge in [-0.25, -0.2) is 20.8 Å². The molecule has 0 radical (unpaired) electrons. The minimum absolute atomic E-state index is 0.0510. The predicted octanol–water partition coefficient (Wildman–Crippen LogP) is 2.65. The number of hydrogen-bond acceptors (Lipinski definition) is 7. The maximum atomic E-state index is 5.58. The van der Waals surface area contributed by atoms with E-state index in [9.17, 15) is 0 Å². The van der Waals surface area contributed by atoms with Crippen LogP contribution in [-0.4, -0.2) is 40.9 Å². The third-order valence-electron chi connectivity index (χ3n) is 6.11. The van der Waals surface area contributed by atoms with Crippen LogP contribution in [0.4, 0.5) is 5.82 Å². The van der Waals surface area contributed by atoms with Crippen molar-refractivity contribution >= 4 is 17.0 Å². The second kappa shape index (κ2) is 8.22. The normalized spacial score (nSPS) is 22.5. The van der Waals surface area contributed by atoms with Crippen LogP contribution in [0.5, 0.6) is 5.75 Å². The minimum Gasteiger partial charge on any atom is -0.496 e. The number of fused-ring (bicyclic) bond motifs is 1. The Kier molecular flexibility index (Phi) is 5.28. The molecule has 4 N–H and O–H groups in total. The quantitative estimate of drug-likeness (QED) is 0.517. The van der Waals surface area contributed by atoms with E-state index in [0.717, 1.165) is 60.6 Å². The highest BCUT2D eigenvalue weighted by Gasteiger charge is 2.27. The SMILES string of the molecule is COc1cc(C)ccc1C1CC(Nc2cnc3ccn(C4CCNCC4)c3n2)NN1. The number of aryl methyl sites for hydroxylation is 1. The van der Waals surface area contributed by atoms with Gasteiger partial charge in [-0.15, -0.1) is 0 Å². The van der Waals surface area contributed by atoms with Gasteiger partial charge in [0, 0.05) is 24.2 Å². The fourth-order valence-electron chi connectivity index (χ4n) is 4.51. The van der Waals surface area contributed by atoms with E-state index in [0.29, 0.717) is 6.04 Å². The third-order valence-corrected chi connectivity index (χ3v) is 6.11. The summed E-state index contributed by atoms with van der Waals surface area (Å²) in [6.07, 6.45) is 7.11. The van der Waals surface area contributed by atoms with Crippen molar-refractivity contribution in [2.75, 3.05) is 25.5 Å².